The SMILES string of the molecule is CS(=O)(=O)Nc1ccc(N(C(=O)c2ccco2)C2CCOCC2)cc1. The fourth-order valence-electron chi connectivity index (χ4n) is 2.86. The lowest BCUT2D eigenvalue weighted by Gasteiger charge is -2.34. The maximum atomic E-state index is 12.9. The molecule has 1 aliphatic rings. The van der Waals surface area contributed by atoms with Crippen LogP contribution in [0.4, 0.5) is 11.4 Å². The topological polar surface area (TPSA) is 88.9 Å². The average Bonchev–Trinajstić information content (AvgIpc) is 3.11. The number of hydrogen-bond donors (Lipinski definition) is 1. The second kappa shape index (κ2) is 7.28. The van der Waals surface area contributed by atoms with Gasteiger partial charge in [0.1, 0.15) is 0 Å². The minimum atomic E-state index is -3.34. The van der Waals surface area contributed by atoms with Crippen molar-refractivity contribution in [3.63, 3.8) is 0 Å². The predicted octanol–water partition coefficient (Wildman–Crippen LogP) is 2.48. The third-order valence-electron chi connectivity index (χ3n) is 3.96. The summed E-state index contributed by atoms with van der Waals surface area (Å²) in [5.41, 5.74) is 1.14. The lowest BCUT2D eigenvalue weighted by atomic mass is 10.1. The Kier molecular flexibility index (Phi) is 5.10. The highest BCUT2D eigenvalue weighted by molar-refractivity contribution is 7.92. The van der Waals surface area contributed by atoms with Gasteiger partial charge in [-0.25, -0.2) is 8.42 Å². The first kappa shape index (κ1) is 17.5. The normalized spacial score (nSPS) is 15.7. The molecule has 1 N–H and O–H groups in total. The number of carbonyl (C=O) groups excluding carboxylic acids is 1. The van der Waals surface area contributed by atoms with Gasteiger partial charge in [-0.1, -0.05) is 0 Å². The van der Waals surface area contributed by atoms with Crippen molar-refractivity contribution in [1.82, 2.24) is 0 Å². The van der Waals surface area contributed by atoms with Gasteiger partial charge in [-0.05, 0) is 49.2 Å². The summed E-state index contributed by atoms with van der Waals surface area (Å²) in [7, 11) is -3.34. The zero-order valence-electron chi connectivity index (χ0n) is 13.8. The maximum Gasteiger partial charge on any atom is 0.294 e. The number of furan rings is 1. The molecule has 0 atom stereocenters. The van der Waals surface area contributed by atoms with E-state index in [4.69, 9.17) is 9.15 Å². The van der Waals surface area contributed by atoms with E-state index in [0.29, 0.717) is 24.6 Å². The van der Waals surface area contributed by atoms with E-state index in [-0.39, 0.29) is 17.7 Å². The van der Waals surface area contributed by atoms with Gasteiger partial charge in [0, 0.05) is 30.6 Å². The van der Waals surface area contributed by atoms with Gasteiger partial charge in [0.2, 0.25) is 10.0 Å². The van der Waals surface area contributed by atoms with Gasteiger partial charge in [0.05, 0.1) is 12.5 Å². The van der Waals surface area contributed by atoms with E-state index in [2.05, 4.69) is 4.72 Å². The first-order valence-corrected chi connectivity index (χ1v) is 9.86. The quantitative estimate of drug-likeness (QED) is 0.880. The van der Waals surface area contributed by atoms with Crippen LogP contribution >= 0.6 is 0 Å². The molecule has 1 amide bonds. The fraction of sp³-hybridized carbons (Fsp3) is 0.353. The minimum absolute atomic E-state index is 0.0000620. The molecule has 0 bridgehead atoms. The van der Waals surface area contributed by atoms with Gasteiger partial charge in [-0.3, -0.25) is 9.52 Å². The first-order valence-electron chi connectivity index (χ1n) is 7.97. The highest BCUT2D eigenvalue weighted by Gasteiger charge is 2.29. The number of amides is 1. The van der Waals surface area contributed by atoms with Gasteiger partial charge in [-0.2, -0.15) is 0 Å². The zero-order chi connectivity index (χ0) is 17.9. The molecule has 1 aromatic carbocycles. The van der Waals surface area contributed by atoms with E-state index >= 15 is 0 Å². The smallest absolute Gasteiger partial charge is 0.294 e. The number of rotatable bonds is 5. The number of anilines is 2. The molecule has 0 radical (unpaired) electrons. The summed E-state index contributed by atoms with van der Waals surface area (Å²) in [6.07, 6.45) is 4.02. The summed E-state index contributed by atoms with van der Waals surface area (Å²) in [6, 6.07) is 10.0. The molecule has 0 unspecified atom stereocenters. The molecule has 25 heavy (non-hydrogen) atoms. The molecule has 3 rings (SSSR count). The average molecular weight is 364 g/mol. The number of sulfonamides is 1. The van der Waals surface area contributed by atoms with Crippen LogP contribution in [0.15, 0.2) is 47.1 Å². The Morgan fingerprint density at radius 1 is 1.16 bits per heavy atom. The van der Waals surface area contributed by atoms with E-state index in [1.807, 2.05) is 0 Å². The van der Waals surface area contributed by atoms with Crippen molar-refractivity contribution < 1.29 is 22.4 Å². The standard InChI is InChI=1S/C17H20N2O5S/c1-25(21,22)18-13-4-6-14(7-5-13)19(15-8-11-23-12-9-15)17(20)16-3-2-10-24-16/h2-7,10,15,18H,8-9,11-12H2,1H3. The van der Waals surface area contributed by atoms with Gasteiger partial charge >= 0.3 is 0 Å². The van der Waals surface area contributed by atoms with Crippen molar-refractivity contribution in [2.45, 2.75) is 18.9 Å². The summed E-state index contributed by atoms with van der Waals surface area (Å²) >= 11 is 0. The minimum Gasteiger partial charge on any atom is -0.459 e. The molecule has 1 aromatic heterocycles. The highest BCUT2D eigenvalue weighted by atomic mass is 32.2. The van der Waals surface area contributed by atoms with Crippen LogP contribution in [0.25, 0.3) is 0 Å². The Morgan fingerprint density at radius 2 is 1.84 bits per heavy atom. The van der Waals surface area contributed by atoms with Crippen LogP contribution in [0.3, 0.4) is 0 Å². The second-order valence-corrected chi connectivity index (χ2v) is 7.67. The summed E-state index contributed by atoms with van der Waals surface area (Å²) in [4.78, 5) is 14.6. The van der Waals surface area contributed by atoms with Gasteiger partial charge in [0.25, 0.3) is 5.91 Å². The lowest BCUT2D eigenvalue weighted by molar-refractivity contribution is 0.0760. The van der Waals surface area contributed by atoms with Gasteiger partial charge in [0.15, 0.2) is 5.76 Å². The van der Waals surface area contributed by atoms with E-state index in [0.717, 1.165) is 19.1 Å². The van der Waals surface area contributed by atoms with Crippen LogP contribution < -0.4 is 9.62 Å². The maximum absolute atomic E-state index is 12.9. The zero-order valence-corrected chi connectivity index (χ0v) is 14.7. The van der Waals surface area contributed by atoms with Crippen molar-refractivity contribution in [3.05, 3.63) is 48.4 Å². The molecular weight excluding hydrogens is 344 g/mol. The van der Waals surface area contributed by atoms with Crippen LogP contribution in [-0.2, 0) is 14.8 Å². The van der Waals surface area contributed by atoms with E-state index < -0.39 is 10.0 Å². The molecular formula is C17H20N2O5S. The van der Waals surface area contributed by atoms with Crippen molar-refractivity contribution in [2.75, 3.05) is 29.1 Å². The molecule has 0 saturated carbocycles. The van der Waals surface area contributed by atoms with E-state index in [1.54, 1.807) is 41.3 Å². The Morgan fingerprint density at radius 3 is 2.40 bits per heavy atom. The molecule has 0 spiro atoms. The molecule has 1 fully saturated rings. The highest BCUT2D eigenvalue weighted by Crippen LogP contribution is 2.27. The van der Waals surface area contributed by atoms with Crippen molar-refractivity contribution >= 4 is 27.3 Å². The summed E-state index contributed by atoms with van der Waals surface area (Å²) in [5.74, 6) is 0.0468. The molecule has 1 saturated heterocycles. The Bertz CT molecular complexity index is 809. The molecule has 8 heteroatoms. The molecule has 0 aliphatic carbocycles. The number of nitrogens with one attached hydrogen (secondary N) is 1. The van der Waals surface area contributed by atoms with Crippen molar-refractivity contribution in [1.29, 1.82) is 0 Å². The monoisotopic (exact) mass is 364 g/mol. The molecule has 1 aliphatic heterocycles. The van der Waals surface area contributed by atoms with Crippen molar-refractivity contribution in [3.8, 4) is 0 Å². The number of carbonyl (C=O) groups is 1. The fourth-order valence-corrected chi connectivity index (χ4v) is 3.42. The van der Waals surface area contributed by atoms with Crippen LogP contribution in [0.1, 0.15) is 23.4 Å². The predicted molar refractivity (Wildman–Crippen MR) is 94.3 cm³/mol. The lowest BCUT2D eigenvalue weighted by Crippen LogP contribution is -2.43. The van der Waals surface area contributed by atoms with Crippen LogP contribution in [0, 0.1) is 0 Å². The third kappa shape index (κ3) is 4.40. The summed E-state index contributed by atoms with van der Waals surface area (Å²) in [5, 5.41) is 0. The molecule has 134 valence electrons. The van der Waals surface area contributed by atoms with Gasteiger partial charge < -0.3 is 14.1 Å². The first-order chi connectivity index (χ1) is 11.9. The number of ether oxygens (including phenoxy) is 1. The molecule has 2 aromatic rings. The Balaban J connectivity index is 1.89. The largest absolute Gasteiger partial charge is 0.459 e. The van der Waals surface area contributed by atoms with E-state index in [9.17, 15) is 13.2 Å². The van der Waals surface area contributed by atoms with Crippen LogP contribution in [0.5, 0.6) is 0 Å². The second-order valence-electron chi connectivity index (χ2n) is 5.92. The summed E-state index contributed by atoms with van der Waals surface area (Å²) < 4.78 is 35.7. The summed E-state index contributed by atoms with van der Waals surface area (Å²) in [6.45, 7) is 1.20. The molecule has 2 heterocycles. The van der Waals surface area contributed by atoms with Crippen LogP contribution in [0.2, 0.25) is 0 Å². The van der Waals surface area contributed by atoms with E-state index in [1.165, 1.54) is 6.26 Å². The number of benzene rings is 1. The Hall–Kier alpha value is -2.32. The molecule has 7 nitrogen and oxygen atoms in total. The Labute approximate surface area is 146 Å². The number of nitrogens with zero attached hydrogens (tertiary/aromatic N) is 1. The third-order valence-corrected chi connectivity index (χ3v) is 4.56. The van der Waals surface area contributed by atoms with Gasteiger partial charge in [-0.15, -0.1) is 0 Å². The van der Waals surface area contributed by atoms with Crippen molar-refractivity contribution in [2.24, 2.45) is 0 Å². The number of hydrogen-bond acceptors (Lipinski definition) is 5. The van der Waals surface area contributed by atoms with Crippen LogP contribution in [-0.4, -0.2) is 39.8 Å².